The zero-order valence-electron chi connectivity index (χ0n) is 11.9. The van der Waals surface area contributed by atoms with Gasteiger partial charge >= 0.3 is 0 Å². The molecule has 1 heteroatoms. The maximum absolute atomic E-state index is 3.76. The van der Waals surface area contributed by atoms with Gasteiger partial charge in [0, 0.05) is 6.04 Å². The molecule has 0 aromatic carbocycles. The van der Waals surface area contributed by atoms with Crippen molar-refractivity contribution in [1.82, 2.24) is 5.32 Å². The summed E-state index contributed by atoms with van der Waals surface area (Å²) >= 11 is 0. The molecule has 1 rings (SSSR count). The number of allylic oxidation sites excluding steroid dienone is 1. The molecule has 0 aromatic rings. The van der Waals surface area contributed by atoms with Crippen molar-refractivity contribution < 1.29 is 0 Å². The molecule has 0 radical (unpaired) electrons. The predicted octanol–water partition coefficient (Wildman–Crippen LogP) is 4.83. The molecule has 0 spiro atoms. The molecule has 1 atom stereocenters. The van der Waals surface area contributed by atoms with Crippen LogP contribution in [0.3, 0.4) is 0 Å². The largest absolute Gasteiger partial charge is 0.310 e. The van der Waals surface area contributed by atoms with Gasteiger partial charge in [0.05, 0.1) is 0 Å². The van der Waals surface area contributed by atoms with Crippen LogP contribution in [-0.4, -0.2) is 12.6 Å². The second kappa shape index (κ2) is 9.70. The Labute approximate surface area is 108 Å². The van der Waals surface area contributed by atoms with E-state index in [0.29, 0.717) is 6.04 Å². The SMILES string of the molecule is CCCCCC(NCCC)C1=CCCCCC1. The summed E-state index contributed by atoms with van der Waals surface area (Å²) in [4.78, 5) is 0. The summed E-state index contributed by atoms with van der Waals surface area (Å²) in [6.45, 7) is 5.73. The lowest BCUT2D eigenvalue weighted by Crippen LogP contribution is -2.31. The van der Waals surface area contributed by atoms with E-state index in [-0.39, 0.29) is 0 Å². The van der Waals surface area contributed by atoms with Crippen LogP contribution in [0.5, 0.6) is 0 Å². The first-order chi connectivity index (χ1) is 8.38. The van der Waals surface area contributed by atoms with E-state index < -0.39 is 0 Å². The minimum atomic E-state index is 0.680. The second-order valence-corrected chi connectivity index (χ2v) is 5.38. The van der Waals surface area contributed by atoms with E-state index >= 15 is 0 Å². The summed E-state index contributed by atoms with van der Waals surface area (Å²) in [6.07, 6.45) is 16.1. The molecule has 1 aliphatic carbocycles. The van der Waals surface area contributed by atoms with Crippen LogP contribution in [-0.2, 0) is 0 Å². The van der Waals surface area contributed by atoms with Crippen molar-refractivity contribution in [2.45, 2.75) is 84.1 Å². The molecule has 0 saturated carbocycles. The molecule has 0 amide bonds. The normalized spacial score (nSPS) is 18.6. The molecular formula is C16H31N. The van der Waals surface area contributed by atoms with Crippen LogP contribution < -0.4 is 5.32 Å². The number of hydrogen-bond donors (Lipinski definition) is 1. The van der Waals surface area contributed by atoms with E-state index in [1.807, 2.05) is 0 Å². The van der Waals surface area contributed by atoms with Gasteiger partial charge in [-0.25, -0.2) is 0 Å². The fourth-order valence-electron chi connectivity index (χ4n) is 2.69. The molecule has 1 N–H and O–H groups in total. The summed E-state index contributed by atoms with van der Waals surface area (Å²) in [5.74, 6) is 0. The maximum atomic E-state index is 3.76. The minimum absolute atomic E-state index is 0.680. The smallest absolute Gasteiger partial charge is 0.0279 e. The monoisotopic (exact) mass is 237 g/mol. The highest BCUT2D eigenvalue weighted by Gasteiger charge is 2.14. The van der Waals surface area contributed by atoms with E-state index in [1.165, 1.54) is 70.8 Å². The van der Waals surface area contributed by atoms with Crippen molar-refractivity contribution >= 4 is 0 Å². The van der Waals surface area contributed by atoms with Gasteiger partial charge in [-0.3, -0.25) is 0 Å². The average Bonchev–Trinajstić information content (AvgIpc) is 2.62. The number of hydrogen-bond acceptors (Lipinski definition) is 1. The van der Waals surface area contributed by atoms with Crippen molar-refractivity contribution in [3.8, 4) is 0 Å². The first kappa shape index (κ1) is 14.8. The van der Waals surface area contributed by atoms with Crippen molar-refractivity contribution in [3.05, 3.63) is 11.6 Å². The Morgan fingerprint density at radius 1 is 1.12 bits per heavy atom. The number of unbranched alkanes of at least 4 members (excludes halogenated alkanes) is 2. The van der Waals surface area contributed by atoms with Crippen LogP contribution in [0.15, 0.2) is 11.6 Å². The van der Waals surface area contributed by atoms with E-state index in [0.717, 1.165) is 0 Å². The van der Waals surface area contributed by atoms with Crippen molar-refractivity contribution in [2.24, 2.45) is 0 Å². The summed E-state index contributed by atoms with van der Waals surface area (Å²) in [5, 5.41) is 3.76. The topological polar surface area (TPSA) is 12.0 Å². The molecule has 0 heterocycles. The Morgan fingerprint density at radius 3 is 2.76 bits per heavy atom. The van der Waals surface area contributed by atoms with Gasteiger partial charge in [0.1, 0.15) is 0 Å². The molecule has 1 aliphatic rings. The van der Waals surface area contributed by atoms with Gasteiger partial charge in [-0.05, 0) is 45.1 Å². The van der Waals surface area contributed by atoms with Gasteiger partial charge in [-0.15, -0.1) is 0 Å². The molecule has 0 saturated heterocycles. The fourth-order valence-corrected chi connectivity index (χ4v) is 2.69. The molecule has 100 valence electrons. The molecule has 17 heavy (non-hydrogen) atoms. The second-order valence-electron chi connectivity index (χ2n) is 5.38. The average molecular weight is 237 g/mol. The number of nitrogens with one attached hydrogen (secondary N) is 1. The maximum Gasteiger partial charge on any atom is 0.0279 e. The van der Waals surface area contributed by atoms with E-state index in [9.17, 15) is 0 Å². The predicted molar refractivity (Wildman–Crippen MR) is 77.4 cm³/mol. The molecule has 0 aromatic heterocycles. The Morgan fingerprint density at radius 2 is 2.00 bits per heavy atom. The minimum Gasteiger partial charge on any atom is -0.310 e. The molecular weight excluding hydrogens is 206 g/mol. The third-order valence-electron chi connectivity index (χ3n) is 3.76. The van der Waals surface area contributed by atoms with Gasteiger partial charge in [0.2, 0.25) is 0 Å². The summed E-state index contributed by atoms with van der Waals surface area (Å²) in [7, 11) is 0. The molecule has 0 aliphatic heterocycles. The van der Waals surface area contributed by atoms with Crippen LogP contribution in [0.2, 0.25) is 0 Å². The van der Waals surface area contributed by atoms with Crippen LogP contribution >= 0.6 is 0 Å². The zero-order valence-corrected chi connectivity index (χ0v) is 11.9. The lowest BCUT2D eigenvalue weighted by Gasteiger charge is -2.21. The Bertz CT molecular complexity index is 208. The molecule has 1 unspecified atom stereocenters. The van der Waals surface area contributed by atoms with Crippen LogP contribution in [0.25, 0.3) is 0 Å². The van der Waals surface area contributed by atoms with Crippen molar-refractivity contribution in [1.29, 1.82) is 0 Å². The quantitative estimate of drug-likeness (QED) is 0.471. The highest BCUT2D eigenvalue weighted by molar-refractivity contribution is 5.12. The molecule has 0 fully saturated rings. The lowest BCUT2D eigenvalue weighted by molar-refractivity contribution is 0.491. The van der Waals surface area contributed by atoms with Crippen molar-refractivity contribution in [3.63, 3.8) is 0 Å². The number of rotatable bonds is 8. The van der Waals surface area contributed by atoms with Gasteiger partial charge in [0.25, 0.3) is 0 Å². The summed E-state index contributed by atoms with van der Waals surface area (Å²) in [5.41, 5.74) is 1.71. The van der Waals surface area contributed by atoms with Gasteiger partial charge in [0.15, 0.2) is 0 Å². The van der Waals surface area contributed by atoms with Crippen LogP contribution in [0.1, 0.15) is 78.1 Å². The van der Waals surface area contributed by atoms with Gasteiger partial charge < -0.3 is 5.32 Å². The third-order valence-corrected chi connectivity index (χ3v) is 3.76. The Balaban J connectivity index is 2.44. The van der Waals surface area contributed by atoms with Crippen LogP contribution in [0, 0.1) is 0 Å². The highest BCUT2D eigenvalue weighted by Crippen LogP contribution is 2.22. The summed E-state index contributed by atoms with van der Waals surface area (Å²) < 4.78 is 0. The van der Waals surface area contributed by atoms with E-state index in [4.69, 9.17) is 0 Å². The molecule has 1 nitrogen and oxygen atoms in total. The molecule has 0 bridgehead atoms. The van der Waals surface area contributed by atoms with Gasteiger partial charge in [-0.2, -0.15) is 0 Å². The van der Waals surface area contributed by atoms with Crippen LogP contribution in [0.4, 0.5) is 0 Å². The first-order valence-electron chi connectivity index (χ1n) is 7.80. The Kier molecular flexibility index (Phi) is 8.42. The summed E-state index contributed by atoms with van der Waals surface area (Å²) in [6, 6.07) is 0.680. The first-order valence-corrected chi connectivity index (χ1v) is 7.80. The zero-order chi connectivity index (χ0) is 12.3. The lowest BCUT2D eigenvalue weighted by atomic mass is 9.96. The van der Waals surface area contributed by atoms with E-state index in [1.54, 1.807) is 5.57 Å². The van der Waals surface area contributed by atoms with Gasteiger partial charge in [-0.1, -0.05) is 51.2 Å². The highest BCUT2D eigenvalue weighted by atomic mass is 14.9. The third kappa shape index (κ3) is 6.26. The Hall–Kier alpha value is -0.300. The standard InChI is InChI=1S/C16H31N/c1-3-5-8-13-16(17-14-4-2)15-11-9-6-7-10-12-15/h11,16-17H,3-10,12-14H2,1-2H3. The fraction of sp³-hybridized carbons (Fsp3) is 0.875. The van der Waals surface area contributed by atoms with E-state index in [2.05, 4.69) is 25.2 Å². The van der Waals surface area contributed by atoms with Crippen molar-refractivity contribution in [2.75, 3.05) is 6.54 Å².